The smallest absolute Gasteiger partial charge is 0.0258 e. The molecule has 2 rings (SSSR count). The van der Waals surface area contributed by atoms with Crippen molar-refractivity contribution in [3.8, 4) is 0 Å². The lowest BCUT2D eigenvalue weighted by Gasteiger charge is -1.96. The number of hydrogen-bond acceptors (Lipinski definition) is 0. The first-order valence-corrected chi connectivity index (χ1v) is 3.58. The van der Waals surface area contributed by atoms with E-state index in [-0.39, 0.29) is 0 Å². The van der Waals surface area contributed by atoms with E-state index >= 15 is 0 Å². The summed E-state index contributed by atoms with van der Waals surface area (Å²) in [6.07, 6.45) is 5.60. The molecule has 0 bridgehead atoms. The molecular weight excluding hydrogens is 96.1 g/mol. The first-order valence-electron chi connectivity index (χ1n) is 3.58. The van der Waals surface area contributed by atoms with Gasteiger partial charge in [0.1, 0.15) is 0 Å². The molecule has 2 aliphatic carbocycles. The Morgan fingerprint density at radius 2 is 2.00 bits per heavy atom. The van der Waals surface area contributed by atoms with E-state index in [4.69, 9.17) is 0 Å². The van der Waals surface area contributed by atoms with Gasteiger partial charge in [0.25, 0.3) is 0 Å². The molecule has 0 N–H and O–H groups in total. The van der Waals surface area contributed by atoms with Gasteiger partial charge < -0.3 is 6.92 Å². The van der Waals surface area contributed by atoms with E-state index in [2.05, 4.69) is 13.8 Å². The van der Waals surface area contributed by atoms with Gasteiger partial charge in [-0.25, -0.2) is 0 Å². The second kappa shape index (κ2) is 0.984. The van der Waals surface area contributed by atoms with Crippen molar-refractivity contribution in [2.45, 2.75) is 32.6 Å². The van der Waals surface area contributed by atoms with Crippen molar-refractivity contribution < 1.29 is 0 Å². The minimum absolute atomic E-state index is 0.793. The van der Waals surface area contributed by atoms with Gasteiger partial charge in [-0.15, -0.1) is 0 Å². The first-order chi connectivity index (χ1) is 3.79. The van der Waals surface area contributed by atoms with Gasteiger partial charge in [0.15, 0.2) is 0 Å². The van der Waals surface area contributed by atoms with Crippen molar-refractivity contribution in [1.29, 1.82) is 0 Å². The van der Waals surface area contributed by atoms with E-state index in [1.807, 2.05) is 0 Å². The number of fused-ring (bicyclic) bond motifs is 1. The molecule has 0 amide bonds. The van der Waals surface area contributed by atoms with Crippen LogP contribution in [-0.2, 0) is 0 Å². The highest BCUT2D eigenvalue weighted by Crippen LogP contribution is 2.88. The summed E-state index contributed by atoms with van der Waals surface area (Å²) < 4.78 is 0. The zero-order valence-corrected chi connectivity index (χ0v) is 5.54. The van der Waals surface area contributed by atoms with Crippen LogP contribution in [-0.4, -0.2) is 0 Å². The van der Waals surface area contributed by atoms with Crippen LogP contribution < -0.4 is 0 Å². The average molecular weight is 109 g/mol. The normalized spacial score (nSPS) is 57.8. The van der Waals surface area contributed by atoms with Gasteiger partial charge in [0.2, 0.25) is 0 Å². The fourth-order valence-corrected chi connectivity index (χ4v) is 2.22. The second-order valence-electron chi connectivity index (χ2n) is 3.52. The Hall–Kier alpha value is 0. The van der Waals surface area contributed by atoms with Gasteiger partial charge in [-0.1, -0.05) is 12.3 Å². The summed E-state index contributed by atoms with van der Waals surface area (Å²) in [7, 11) is 0. The lowest BCUT2D eigenvalue weighted by Crippen LogP contribution is -1.78. The zero-order valence-electron chi connectivity index (χ0n) is 5.54. The predicted octanol–water partition coefficient (Wildman–Crippen LogP) is 2.40. The van der Waals surface area contributed by atoms with Gasteiger partial charge in [-0.3, -0.25) is 0 Å². The Morgan fingerprint density at radius 3 is 2.12 bits per heavy atom. The lowest BCUT2D eigenvalue weighted by atomic mass is 10.1. The molecule has 0 aromatic heterocycles. The van der Waals surface area contributed by atoms with Crippen LogP contribution in [0, 0.1) is 17.8 Å². The van der Waals surface area contributed by atoms with E-state index in [0.717, 1.165) is 10.8 Å². The van der Waals surface area contributed by atoms with E-state index in [1.54, 1.807) is 0 Å². The van der Waals surface area contributed by atoms with Crippen molar-refractivity contribution in [1.82, 2.24) is 0 Å². The highest BCUT2D eigenvalue weighted by molar-refractivity contribution is 5.29. The van der Waals surface area contributed by atoms with Crippen molar-refractivity contribution in [3.05, 3.63) is 6.92 Å². The van der Waals surface area contributed by atoms with Crippen LogP contribution in [0.25, 0.3) is 0 Å². The Morgan fingerprint density at radius 1 is 1.38 bits per heavy atom. The molecule has 0 aromatic carbocycles. The van der Waals surface area contributed by atoms with Gasteiger partial charge in [0, 0.05) is 0 Å². The third-order valence-electron chi connectivity index (χ3n) is 3.38. The third kappa shape index (κ3) is 0.284. The minimum Gasteiger partial charge on any atom is -0.343 e. The van der Waals surface area contributed by atoms with Crippen molar-refractivity contribution in [3.63, 3.8) is 0 Å². The first kappa shape index (κ1) is 4.84. The topological polar surface area (TPSA) is 0 Å². The molecule has 0 radical (unpaired) electrons. The molecule has 8 heavy (non-hydrogen) atoms. The highest BCUT2D eigenvalue weighted by Gasteiger charge is 2.78. The Kier molecular flexibility index (Phi) is 0.595. The summed E-state index contributed by atoms with van der Waals surface area (Å²) in [6, 6.07) is 0. The molecule has 0 nitrogen and oxygen atoms in total. The average Bonchev–Trinajstić information content (AvgIpc) is 2.48. The third-order valence-corrected chi connectivity index (χ3v) is 3.38. The molecule has 0 spiro atoms. The molecule has 0 aromatic rings. The molecule has 2 aliphatic rings. The van der Waals surface area contributed by atoms with Crippen LogP contribution in [0.5, 0.6) is 0 Å². The highest BCUT2D eigenvalue weighted by atomic mass is 14.8. The summed E-state index contributed by atoms with van der Waals surface area (Å²) in [6.45, 7) is 6.26. The predicted molar refractivity (Wildman–Crippen MR) is 34.4 cm³/mol. The van der Waals surface area contributed by atoms with Crippen molar-refractivity contribution in [2.75, 3.05) is 0 Å². The van der Waals surface area contributed by atoms with Crippen LogP contribution in [0.2, 0.25) is 0 Å². The van der Waals surface area contributed by atoms with E-state index in [9.17, 15) is 0 Å². The Balaban J connectivity index is 2.04. The zero-order chi connectivity index (χ0) is 5.83. The largest absolute Gasteiger partial charge is 0.343 e. The van der Waals surface area contributed by atoms with Gasteiger partial charge in [0.05, 0.1) is 0 Å². The summed E-state index contributed by atoms with van der Waals surface area (Å²) >= 11 is 0. The van der Waals surface area contributed by atoms with Crippen molar-refractivity contribution in [2.24, 2.45) is 10.8 Å². The minimum atomic E-state index is 0.793. The Labute approximate surface area is 51.3 Å². The van der Waals surface area contributed by atoms with Crippen LogP contribution in [0.1, 0.15) is 32.6 Å². The Bertz CT molecular complexity index is 104. The van der Waals surface area contributed by atoms with Crippen LogP contribution >= 0.6 is 0 Å². The fourth-order valence-electron chi connectivity index (χ4n) is 2.22. The maximum Gasteiger partial charge on any atom is -0.0258 e. The van der Waals surface area contributed by atoms with Gasteiger partial charge >= 0.3 is 0 Å². The summed E-state index contributed by atoms with van der Waals surface area (Å²) in [4.78, 5) is 0. The SMILES string of the molecule is [CH2-]CC12CC1(CC)C2. The molecule has 0 heteroatoms. The van der Waals surface area contributed by atoms with E-state index in [0.29, 0.717) is 0 Å². The van der Waals surface area contributed by atoms with Crippen LogP contribution in [0.4, 0.5) is 0 Å². The van der Waals surface area contributed by atoms with E-state index < -0.39 is 0 Å². The molecular formula is C8H13-. The molecule has 2 saturated carbocycles. The quantitative estimate of drug-likeness (QED) is 0.478. The van der Waals surface area contributed by atoms with Crippen LogP contribution in [0.15, 0.2) is 0 Å². The lowest BCUT2D eigenvalue weighted by molar-refractivity contribution is 0.612. The van der Waals surface area contributed by atoms with Crippen LogP contribution in [0.3, 0.4) is 0 Å². The molecule has 0 atom stereocenters. The molecule has 2 fully saturated rings. The van der Waals surface area contributed by atoms with Gasteiger partial charge in [-0.05, 0) is 24.7 Å². The fraction of sp³-hybridized carbons (Fsp3) is 0.875. The molecule has 0 aliphatic heterocycles. The maximum atomic E-state index is 3.95. The summed E-state index contributed by atoms with van der Waals surface area (Å²) in [5, 5.41) is 0. The number of hydrogen-bond donors (Lipinski definition) is 0. The van der Waals surface area contributed by atoms with Crippen molar-refractivity contribution >= 4 is 0 Å². The monoisotopic (exact) mass is 109 g/mol. The summed E-state index contributed by atoms with van der Waals surface area (Å²) in [5.74, 6) is 0. The van der Waals surface area contributed by atoms with Gasteiger partial charge in [-0.2, -0.15) is 6.42 Å². The standard InChI is InChI=1S/C8H13/c1-3-7-5-8(7,4-2)6-7/h1,3-6H2,2H3/q-1. The molecule has 46 valence electrons. The molecule has 0 heterocycles. The number of rotatable bonds is 2. The molecule has 0 unspecified atom stereocenters. The van der Waals surface area contributed by atoms with E-state index in [1.165, 1.54) is 25.7 Å². The molecule has 0 saturated heterocycles. The second-order valence-corrected chi connectivity index (χ2v) is 3.52. The maximum absolute atomic E-state index is 3.95. The summed E-state index contributed by atoms with van der Waals surface area (Å²) in [5.41, 5.74) is 1.64.